The van der Waals surface area contributed by atoms with E-state index in [1.165, 1.54) is 12.4 Å². The highest BCUT2D eigenvalue weighted by Crippen LogP contribution is 2.23. The van der Waals surface area contributed by atoms with Crippen LogP contribution >= 0.6 is 0 Å². The summed E-state index contributed by atoms with van der Waals surface area (Å²) in [5, 5.41) is 8.95. The van der Waals surface area contributed by atoms with E-state index in [-0.39, 0.29) is 12.2 Å². The van der Waals surface area contributed by atoms with Gasteiger partial charge in [-0.1, -0.05) is 6.07 Å². The molecule has 0 amide bonds. The van der Waals surface area contributed by atoms with Gasteiger partial charge < -0.3 is 5.11 Å². The van der Waals surface area contributed by atoms with Crippen molar-refractivity contribution in [2.24, 2.45) is 0 Å². The molecule has 0 saturated carbocycles. The Morgan fingerprint density at radius 2 is 1.79 bits per heavy atom. The Labute approximate surface area is 110 Å². The molecule has 1 unspecified atom stereocenters. The first-order valence-corrected chi connectivity index (χ1v) is 5.74. The van der Waals surface area contributed by atoms with Crippen molar-refractivity contribution in [3.05, 3.63) is 60.2 Å². The molecule has 2 heterocycles. The van der Waals surface area contributed by atoms with E-state index in [9.17, 15) is 9.59 Å². The van der Waals surface area contributed by atoms with Gasteiger partial charge in [0, 0.05) is 30.4 Å². The predicted molar refractivity (Wildman–Crippen MR) is 67.8 cm³/mol. The van der Waals surface area contributed by atoms with E-state index in [0.29, 0.717) is 11.1 Å². The Bertz CT molecular complexity index is 570. The standard InChI is InChI=1S/C14H12N2O3/c17-13(18)7-12(10-3-1-5-15-8-10)14(19)11-4-2-6-16-9-11/h1-6,8-9,12H,7H2,(H,17,18). The Kier molecular flexibility index (Phi) is 3.97. The highest BCUT2D eigenvalue weighted by molar-refractivity contribution is 6.02. The number of hydrogen-bond donors (Lipinski definition) is 1. The van der Waals surface area contributed by atoms with Crippen molar-refractivity contribution in [3.8, 4) is 0 Å². The van der Waals surface area contributed by atoms with Crippen molar-refractivity contribution < 1.29 is 14.7 Å². The van der Waals surface area contributed by atoms with E-state index in [1.54, 1.807) is 36.7 Å². The Morgan fingerprint density at radius 3 is 2.32 bits per heavy atom. The molecule has 0 saturated heterocycles. The molecule has 0 aromatic carbocycles. The normalized spacial score (nSPS) is 11.8. The lowest BCUT2D eigenvalue weighted by molar-refractivity contribution is -0.137. The fourth-order valence-corrected chi connectivity index (χ4v) is 1.83. The van der Waals surface area contributed by atoms with Gasteiger partial charge >= 0.3 is 5.97 Å². The van der Waals surface area contributed by atoms with Crippen LogP contribution in [-0.4, -0.2) is 26.8 Å². The van der Waals surface area contributed by atoms with E-state index in [1.807, 2.05) is 0 Å². The summed E-state index contributed by atoms with van der Waals surface area (Å²) in [7, 11) is 0. The van der Waals surface area contributed by atoms with Gasteiger partial charge in [-0.2, -0.15) is 0 Å². The van der Waals surface area contributed by atoms with Crippen LogP contribution in [0.5, 0.6) is 0 Å². The number of ketones is 1. The summed E-state index contributed by atoms with van der Waals surface area (Å²) in [5.74, 6) is -2.02. The van der Waals surface area contributed by atoms with Gasteiger partial charge in [-0.05, 0) is 23.8 Å². The molecule has 5 heteroatoms. The fourth-order valence-electron chi connectivity index (χ4n) is 1.83. The van der Waals surface area contributed by atoms with Crippen LogP contribution in [0.1, 0.15) is 28.3 Å². The van der Waals surface area contributed by atoms with Gasteiger partial charge in [-0.25, -0.2) is 0 Å². The molecular weight excluding hydrogens is 244 g/mol. The highest BCUT2D eigenvalue weighted by atomic mass is 16.4. The average Bonchev–Trinajstić information content (AvgIpc) is 2.46. The summed E-state index contributed by atoms with van der Waals surface area (Å²) < 4.78 is 0. The number of aliphatic carboxylic acids is 1. The summed E-state index contributed by atoms with van der Waals surface area (Å²) in [6.07, 6.45) is 5.83. The minimum Gasteiger partial charge on any atom is -0.481 e. The summed E-state index contributed by atoms with van der Waals surface area (Å²) >= 11 is 0. The maximum absolute atomic E-state index is 12.3. The molecule has 96 valence electrons. The van der Waals surface area contributed by atoms with Crippen LogP contribution in [0.4, 0.5) is 0 Å². The fraction of sp³-hybridized carbons (Fsp3) is 0.143. The zero-order chi connectivity index (χ0) is 13.7. The minimum absolute atomic E-state index is 0.261. The lowest BCUT2D eigenvalue weighted by atomic mass is 9.89. The second-order valence-electron chi connectivity index (χ2n) is 4.04. The molecule has 1 N–H and O–H groups in total. The van der Waals surface area contributed by atoms with Crippen LogP contribution in [0.15, 0.2) is 49.1 Å². The predicted octanol–water partition coefficient (Wildman–Crippen LogP) is 1.92. The molecule has 2 aromatic heterocycles. The van der Waals surface area contributed by atoms with Crippen LogP contribution in [0.25, 0.3) is 0 Å². The molecule has 0 aliphatic carbocycles. The van der Waals surface area contributed by atoms with E-state index >= 15 is 0 Å². The number of pyridine rings is 2. The van der Waals surface area contributed by atoms with Crippen molar-refractivity contribution in [3.63, 3.8) is 0 Å². The Hall–Kier alpha value is -2.56. The SMILES string of the molecule is O=C(O)CC(C(=O)c1cccnc1)c1cccnc1. The number of carbonyl (C=O) groups is 2. The van der Waals surface area contributed by atoms with Gasteiger partial charge in [0.15, 0.2) is 5.78 Å². The molecule has 2 rings (SSSR count). The molecule has 5 nitrogen and oxygen atoms in total. The number of carbonyl (C=O) groups excluding carboxylic acids is 1. The number of hydrogen-bond acceptors (Lipinski definition) is 4. The van der Waals surface area contributed by atoms with Gasteiger partial charge in [-0.15, -0.1) is 0 Å². The van der Waals surface area contributed by atoms with Gasteiger partial charge in [0.05, 0.1) is 12.3 Å². The first kappa shape index (κ1) is 12.9. The van der Waals surface area contributed by atoms with E-state index in [2.05, 4.69) is 9.97 Å². The highest BCUT2D eigenvalue weighted by Gasteiger charge is 2.25. The molecular formula is C14H12N2O3. The minimum atomic E-state index is -1.02. The summed E-state index contributed by atoms with van der Waals surface area (Å²) in [6, 6.07) is 6.66. The number of Topliss-reactive ketones (excluding diaryl/α,β-unsaturated/α-hetero) is 1. The van der Waals surface area contributed by atoms with Gasteiger partial charge in [-0.3, -0.25) is 19.6 Å². The second-order valence-corrected chi connectivity index (χ2v) is 4.04. The van der Waals surface area contributed by atoms with E-state index in [4.69, 9.17) is 5.11 Å². The number of carboxylic acid groups (broad SMARTS) is 1. The zero-order valence-corrected chi connectivity index (χ0v) is 10.1. The Balaban J connectivity index is 2.33. The molecule has 0 aliphatic rings. The number of nitrogens with zero attached hydrogens (tertiary/aromatic N) is 2. The maximum Gasteiger partial charge on any atom is 0.304 e. The van der Waals surface area contributed by atoms with Crippen LogP contribution < -0.4 is 0 Å². The first-order chi connectivity index (χ1) is 9.18. The quantitative estimate of drug-likeness (QED) is 0.826. The topological polar surface area (TPSA) is 80.1 Å². The van der Waals surface area contributed by atoms with E-state index in [0.717, 1.165) is 0 Å². The van der Waals surface area contributed by atoms with Crippen molar-refractivity contribution in [1.82, 2.24) is 9.97 Å². The molecule has 19 heavy (non-hydrogen) atoms. The second kappa shape index (κ2) is 5.86. The van der Waals surface area contributed by atoms with Crippen LogP contribution in [0.2, 0.25) is 0 Å². The molecule has 0 bridgehead atoms. The first-order valence-electron chi connectivity index (χ1n) is 5.74. The lowest BCUT2D eigenvalue weighted by Gasteiger charge is -2.13. The molecule has 0 aliphatic heterocycles. The van der Waals surface area contributed by atoms with E-state index < -0.39 is 11.9 Å². The third kappa shape index (κ3) is 3.22. The summed E-state index contributed by atoms with van der Waals surface area (Å²) in [5.41, 5.74) is 0.997. The number of aromatic nitrogens is 2. The van der Waals surface area contributed by atoms with Crippen molar-refractivity contribution in [2.75, 3.05) is 0 Å². The molecule has 0 radical (unpaired) electrons. The molecule has 0 fully saturated rings. The number of rotatable bonds is 5. The van der Waals surface area contributed by atoms with Crippen molar-refractivity contribution >= 4 is 11.8 Å². The van der Waals surface area contributed by atoms with Gasteiger partial charge in [0.2, 0.25) is 0 Å². The third-order valence-corrected chi connectivity index (χ3v) is 2.73. The smallest absolute Gasteiger partial charge is 0.304 e. The largest absolute Gasteiger partial charge is 0.481 e. The maximum atomic E-state index is 12.3. The van der Waals surface area contributed by atoms with Crippen molar-refractivity contribution in [2.45, 2.75) is 12.3 Å². The summed E-state index contributed by atoms with van der Waals surface area (Å²) in [4.78, 5) is 31.1. The van der Waals surface area contributed by atoms with Gasteiger partial charge in [0.1, 0.15) is 0 Å². The molecule has 2 aromatic rings. The molecule has 1 atom stereocenters. The van der Waals surface area contributed by atoms with Crippen molar-refractivity contribution in [1.29, 1.82) is 0 Å². The number of carboxylic acids is 1. The zero-order valence-electron chi connectivity index (χ0n) is 10.1. The monoisotopic (exact) mass is 256 g/mol. The third-order valence-electron chi connectivity index (χ3n) is 2.73. The van der Waals surface area contributed by atoms with Crippen LogP contribution in [0, 0.1) is 0 Å². The van der Waals surface area contributed by atoms with Crippen LogP contribution in [-0.2, 0) is 4.79 Å². The Morgan fingerprint density at radius 1 is 1.11 bits per heavy atom. The van der Waals surface area contributed by atoms with Gasteiger partial charge in [0.25, 0.3) is 0 Å². The lowest BCUT2D eigenvalue weighted by Crippen LogP contribution is -2.17. The average molecular weight is 256 g/mol. The summed E-state index contributed by atoms with van der Waals surface area (Å²) in [6.45, 7) is 0. The van der Waals surface area contributed by atoms with Crippen LogP contribution in [0.3, 0.4) is 0 Å². The molecule has 0 spiro atoms.